The molecule has 5 heteroatoms. The number of carbonyl (C=O) groups excluding carboxylic acids is 1. The van der Waals surface area contributed by atoms with Crippen molar-refractivity contribution in [2.75, 3.05) is 6.54 Å². The topological polar surface area (TPSA) is 65.1 Å². The second-order valence-electron chi connectivity index (χ2n) is 5.36. The van der Waals surface area contributed by atoms with Gasteiger partial charge in [-0.05, 0) is 17.9 Å². The van der Waals surface area contributed by atoms with Crippen molar-refractivity contribution in [3.05, 3.63) is 23.0 Å². The Hall–Kier alpha value is -1.00. The number of amides is 1. The highest BCUT2D eigenvalue weighted by molar-refractivity contribution is 6.30. The average Bonchev–Trinajstić information content (AvgIpc) is 2.58. The van der Waals surface area contributed by atoms with Gasteiger partial charge in [0.15, 0.2) is 0 Å². The molecule has 1 atom stereocenters. The predicted molar refractivity (Wildman–Crippen MR) is 68.2 cm³/mol. The molecule has 0 aliphatic rings. The van der Waals surface area contributed by atoms with E-state index in [1.54, 1.807) is 12.3 Å². The van der Waals surface area contributed by atoms with Gasteiger partial charge in [-0.3, -0.25) is 4.79 Å². The van der Waals surface area contributed by atoms with Gasteiger partial charge in [0.2, 0.25) is 0 Å². The van der Waals surface area contributed by atoms with Crippen LogP contribution in [0.2, 0.25) is 5.02 Å². The van der Waals surface area contributed by atoms with Crippen LogP contribution in [0.4, 0.5) is 0 Å². The highest BCUT2D eigenvalue weighted by atomic mass is 35.5. The first-order chi connectivity index (χ1) is 7.78. The molecule has 0 radical (unpaired) electrons. The zero-order valence-corrected chi connectivity index (χ0v) is 11.1. The molecule has 0 aliphatic carbocycles. The third-order valence-corrected chi connectivity index (χ3v) is 2.46. The van der Waals surface area contributed by atoms with Crippen LogP contribution >= 0.6 is 11.6 Å². The molecule has 0 bridgehead atoms. The van der Waals surface area contributed by atoms with Crippen LogP contribution < -0.4 is 5.32 Å². The lowest BCUT2D eigenvalue weighted by Crippen LogP contribution is -2.34. The second-order valence-corrected chi connectivity index (χ2v) is 5.80. The first-order valence-corrected chi connectivity index (χ1v) is 5.96. The van der Waals surface area contributed by atoms with E-state index in [0.717, 1.165) is 0 Å². The fourth-order valence-electron chi connectivity index (χ4n) is 1.58. The number of halogens is 1. The molecule has 0 aliphatic heterocycles. The SMILES string of the molecule is CC(C)(C)CC(O)CNC(=O)c1cc(Cl)c[nH]1. The van der Waals surface area contributed by atoms with Gasteiger partial charge in [-0.2, -0.15) is 0 Å². The number of rotatable bonds is 4. The molecule has 1 rings (SSSR count). The molecule has 3 N–H and O–H groups in total. The predicted octanol–water partition coefficient (Wildman–Crippen LogP) is 2.19. The number of hydrogen-bond donors (Lipinski definition) is 3. The minimum Gasteiger partial charge on any atom is -0.391 e. The highest BCUT2D eigenvalue weighted by Gasteiger charge is 2.17. The zero-order valence-electron chi connectivity index (χ0n) is 10.4. The molecule has 0 fully saturated rings. The molecule has 0 spiro atoms. The molecule has 0 saturated heterocycles. The number of hydrogen-bond acceptors (Lipinski definition) is 2. The van der Waals surface area contributed by atoms with E-state index in [1.165, 1.54) is 0 Å². The summed E-state index contributed by atoms with van der Waals surface area (Å²) in [7, 11) is 0. The van der Waals surface area contributed by atoms with Crippen LogP contribution in [0.25, 0.3) is 0 Å². The maximum atomic E-state index is 11.6. The Morgan fingerprint density at radius 2 is 2.24 bits per heavy atom. The summed E-state index contributed by atoms with van der Waals surface area (Å²) in [5.74, 6) is -0.259. The lowest BCUT2D eigenvalue weighted by atomic mass is 9.89. The first kappa shape index (κ1) is 14.1. The van der Waals surface area contributed by atoms with E-state index in [1.807, 2.05) is 20.8 Å². The van der Waals surface area contributed by atoms with Crippen LogP contribution in [0.5, 0.6) is 0 Å². The Balaban J connectivity index is 2.38. The average molecular weight is 259 g/mol. The van der Waals surface area contributed by atoms with E-state index >= 15 is 0 Å². The van der Waals surface area contributed by atoms with E-state index in [-0.39, 0.29) is 17.9 Å². The minimum absolute atomic E-state index is 0.0416. The summed E-state index contributed by atoms with van der Waals surface area (Å²) in [5, 5.41) is 12.9. The number of carbonyl (C=O) groups is 1. The Morgan fingerprint density at radius 1 is 1.59 bits per heavy atom. The van der Waals surface area contributed by atoms with Gasteiger partial charge in [-0.1, -0.05) is 32.4 Å². The van der Waals surface area contributed by atoms with E-state index in [2.05, 4.69) is 10.3 Å². The molecule has 96 valence electrons. The number of aromatic nitrogens is 1. The van der Waals surface area contributed by atoms with Crippen molar-refractivity contribution in [2.45, 2.75) is 33.3 Å². The first-order valence-electron chi connectivity index (χ1n) is 5.58. The van der Waals surface area contributed by atoms with Crippen LogP contribution in [0.1, 0.15) is 37.7 Å². The Kier molecular flexibility index (Phi) is 4.60. The van der Waals surface area contributed by atoms with Crippen LogP contribution in [-0.4, -0.2) is 28.6 Å². The van der Waals surface area contributed by atoms with Crippen molar-refractivity contribution in [1.29, 1.82) is 0 Å². The molecular formula is C12H19ClN2O2. The largest absolute Gasteiger partial charge is 0.391 e. The van der Waals surface area contributed by atoms with Gasteiger partial charge < -0.3 is 15.4 Å². The van der Waals surface area contributed by atoms with Crippen molar-refractivity contribution in [3.8, 4) is 0 Å². The number of nitrogens with one attached hydrogen (secondary N) is 2. The van der Waals surface area contributed by atoms with Crippen molar-refractivity contribution in [3.63, 3.8) is 0 Å². The molecule has 0 aromatic carbocycles. The summed E-state index contributed by atoms with van der Waals surface area (Å²) in [6, 6.07) is 1.55. The number of H-pyrrole nitrogens is 1. The van der Waals surface area contributed by atoms with Gasteiger partial charge in [-0.15, -0.1) is 0 Å². The molecule has 1 heterocycles. The summed E-state index contributed by atoms with van der Waals surface area (Å²) >= 11 is 5.69. The minimum atomic E-state index is -0.538. The summed E-state index contributed by atoms with van der Waals surface area (Å²) in [5.41, 5.74) is 0.442. The number of aliphatic hydroxyl groups is 1. The summed E-state index contributed by atoms with van der Waals surface area (Å²) in [6.07, 6.45) is 1.64. The fraction of sp³-hybridized carbons (Fsp3) is 0.583. The molecule has 17 heavy (non-hydrogen) atoms. The second kappa shape index (κ2) is 5.56. The van der Waals surface area contributed by atoms with Crippen molar-refractivity contribution < 1.29 is 9.90 Å². The third-order valence-electron chi connectivity index (χ3n) is 2.24. The van der Waals surface area contributed by atoms with Crippen LogP contribution in [0.15, 0.2) is 12.3 Å². The lowest BCUT2D eigenvalue weighted by molar-refractivity contribution is 0.0865. The highest BCUT2D eigenvalue weighted by Crippen LogP contribution is 2.20. The van der Waals surface area contributed by atoms with E-state index < -0.39 is 6.10 Å². The van der Waals surface area contributed by atoms with Crippen molar-refractivity contribution >= 4 is 17.5 Å². The lowest BCUT2D eigenvalue weighted by Gasteiger charge is -2.22. The summed E-state index contributed by atoms with van der Waals surface area (Å²) < 4.78 is 0. The van der Waals surface area contributed by atoms with Crippen LogP contribution in [0.3, 0.4) is 0 Å². The van der Waals surface area contributed by atoms with Crippen LogP contribution in [0, 0.1) is 5.41 Å². The molecule has 1 aromatic heterocycles. The normalized spacial score (nSPS) is 13.5. The van der Waals surface area contributed by atoms with Crippen molar-refractivity contribution in [2.24, 2.45) is 5.41 Å². The van der Waals surface area contributed by atoms with Gasteiger partial charge in [0.1, 0.15) is 5.69 Å². The van der Waals surface area contributed by atoms with Gasteiger partial charge in [0.05, 0.1) is 11.1 Å². The Bertz CT molecular complexity index is 382. The standard InChI is InChI=1S/C12H19ClN2O2/c1-12(2,3)5-9(16)7-15-11(17)10-4-8(13)6-14-10/h4,6,9,14,16H,5,7H2,1-3H3,(H,15,17). The van der Waals surface area contributed by atoms with Gasteiger partial charge in [-0.25, -0.2) is 0 Å². The third kappa shape index (κ3) is 5.24. The van der Waals surface area contributed by atoms with E-state index in [4.69, 9.17) is 11.6 Å². The molecule has 1 aromatic rings. The monoisotopic (exact) mass is 258 g/mol. The van der Waals surface area contributed by atoms with Gasteiger partial charge in [0, 0.05) is 12.7 Å². The van der Waals surface area contributed by atoms with E-state index in [9.17, 15) is 9.90 Å². The summed E-state index contributed by atoms with van der Waals surface area (Å²) in [6.45, 7) is 6.38. The number of aliphatic hydroxyl groups excluding tert-OH is 1. The van der Waals surface area contributed by atoms with Gasteiger partial charge >= 0.3 is 0 Å². The maximum absolute atomic E-state index is 11.6. The fourth-order valence-corrected chi connectivity index (χ4v) is 1.75. The number of aromatic amines is 1. The quantitative estimate of drug-likeness (QED) is 0.775. The summed E-state index contributed by atoms with van der Waals surface area (Å²) in [4.78, 5) is 14.4. The Labute approximate surface area is 106 Å². The van der Waals surface area contributed by atoms with Crippen LogP contribution in [-0.2, 0) is 0 Å². The molecule has 1 amide bonds. The zero-order chi connectivity index (χ0) is 13.1. The molecule has 1 unspecified atom stereocenters. The molecule has 0 saturated carbocycles. The van der Waals surface area contributed by atoms with Crippen molar-refractivity contribution in [1.82, 2.24) is 10.3 Å². The Morgan fingerprint density at radius 3 is 2.71 bits per heavy atom. The van der Waals surface area contributed by atoms with Gasteiger partial charge in [0.25, 0.3) is 5.91 Å². The smallest absolute Gasteiger partial charge is 0.267 e. The maximum Gasteiger partial charge on any atom is 0.267 e. The molecule has 4 nitrogen and oxygen atoms in total. The van der Waals surface area contributed by atoms with E-state index in [0.29, 0.717) is 17.1 Å². The molecular weight excluding hydrogens is 240 g/mol.